The van der Waals surface area contributed by atoms with E-state index in [4.69, 9.17) is 17.0 Å². The van der Waals surface area contributed by atoms with Gasteiger partial charge in [0.25, 0.3) is 0 Å². The van der Waals surface area contributed by atoms with E-state index in [-0.39, 0.29) is 11.4 Å². The molecule has 0 aliphatic rings. The van der Waals surface area contributed by atoms with Gasteiger partial charge in [0.15, 0.2) is 5.82 Å². The summed E-state index contributed by atoms with van der Waals surface area (Å²) in [5, 5.41) is 11.6. The van der Waals surface area contributed by atoms with Crippen LogP contribution in [0, 0.1) is 4.77 Å². The normalized spacial score (nSPS) is 11.7. The van der Waals surface area contributed by atoms with Crippen LogP contribution in [0.4, 0.5) is 0 Å². The zero-order valence-corrected chi connectivity index (χ0v) is 17.1. The summed E-state index contributed by atoms with van der Waals surface area (Å²) in [6.07, 6.45) is 1.67. The van der Waals surface area contributed by atoms with Crippen LogP contribution >= 0.6 is 12.2 Å². The van der Waals surface area contributed by atoms with Crippen molar-refractivity contribution >= 4 is 24.4 Å². The minimum Gasteiger partial charge on any atom is -0.465 e. The number of esters is 1. The van der Waals surface area contributed by atoms with Gasteiger partial charge in [-0.3, -0.25) is 0 Å². The van der Waals surface area contributed by atoms with E-state index in [1.807, 2.05) is 12.1 Å². The minimum atomic E-state index is -0.374. The second-order valence-electron chi connectivity index (χ2n) is 7.35. The second-order valence-corrected chi connectivity index (χ2v) is 7.74. The van der Waals surface area contributed by atoms with Crippen LogP contribution in [0.1, 0.15) is 42.3 Å². The Hall–Kier alpha value is -3.06. The molecule has 0 unspecified atom stereocenters. The highest BCUT2D eigenvalue weighted by Gasteiger charge is 2.14. The monoisotopic (exact) mass is 394 g/mol. The maximum atomic E-state index is 11.5. The molecule has 1 aromatic heterocycles. The number of carbonyl (C=O) groups is 1. The number of hydrogen-bond acceptors (Lipinski definition) is 5. The first kappa shape index (κ1) is 19.7. The number of ether oxygens (including phenoxy) is 1. The molecule has 6 nitrogen and oxygen atoms in total. The summed E-state index contributed by atoms with van der Waals surface area (Å²) in [6, 6.07) is 15.2. The summed E-state index contributed by atoms with van der Waals surface area (Å²) in [5.74, 6) is 0.259. The van der Waals surface area contributed by atoms with Gasteiger partial charge in [-0.05, 0) is 40.9 Å². The van der Waals surface area contributed by atoms with E-state index >= 15 is 0 Å². The van der Waals surface area contributed by atoms with E-state index in [1.165, 1.54) is 12.7 Å². The maximum Gasteiger partial charge on any atom is 0.337 e. The molecule has 0 spiro atoms. The largest absolute Gasteiger partial charge is 0.465 e. The number of aromatic nitrogens is 3. The Labute approximate surface area is 168 Å². The molecule has 0 aliphatic heterocycles. The van der Waals surface area contributed by atoms with Gasteiger partial charge in [0, 0.05) is 5.56 Å². The standard InChI is InChI=1S/C21H22N4O2S/c1-21(2,3)17-11-9-15(10-12-17)18-23-24-20(28)25(18)22-13-14-5-7-16(8-6-14)19(26)27-4/h5-13H,1-4H3,(H,24,28)/b22-13+. The van der Waals surface area contributed by atoms with Gasteiger partial charge in [0.2, 0.25) is 4.77 Å². The summed E-state index contributed by atoms with van der Waals surface area (Å²) in [4.78, 5) is 11.5. The third-order valence-corrected chi connectivity index (χ3v) is 4.58. The zero-order chi connectivity index (χ0) is 20.3. The van der Waals surface area contributed by atoms with Crippen LogP contribution in [-0.2, 0) is 10.2 Å². The van der Waals surface area contributed by atoms with E-state index in [0.29, 0.717) is 16.2 Å². The Morgan fingerprint density at radius 1 is 1.14 bits per heavy atom. The lowest BCUT2D eigenvalue weighted by Crippen LogP contribution is -2.10. The van der Waals surface area contributed by atoms with Crippen molar-refractivity contribution in [3.05, 3.63) is 70.0 Å². The molecule has 0 bridgehead atoms. The van der Waals surface area contributed by atoms with Gasteiger partial charge in [-0.1, -0.05) is 57.2 Å². The number of H-pyrrole nitrogens is 1. The van der Waals surface area contributed by atoms with E-state index in [2.05, 4.69) is 48.2 Å². The highest BCUT2D eigenvalue weighted by atomic mass is 32.1. The molecule has 0 atom stereocenters. The highest BCUT2D eigenvalue weighted by molar-refractivity contribution is 7.71. The summed E-state index contributed by atoms with van der Waals surface area (Å²) >= 11 is 5.31. The van der Waals surface area contributed by atoms with E-state index in [9.17, 15) is 4.79 Å². The lowest BCUT2D eigenvalue weighted by atomic mass is 9.87. The molecular formula is C21H22N4O2S. The van der Waals surface area contributed by atoms with Crippen molar-refractivity contribution < 1.29 is 9.53 Å². The SMILES string of the molecule is COC(=O)c1ccc(/C=N/n2c(-c3ccc(C(C)(C)C)cc3)n[nH]c2=S)cc1. The first-order valence-electron chi connectivity index (χ1n) is 8.80. The summed E-state index contributed by atoms with van der Waals surface area (Å²) in [6.45, 7) is 6.52. The molecule has 7 heteroatoms. The molecule has 144 valence electrons. The van der Waals surface area contributed by atoms with Crippen LogP contribution < -0.4 is 0 Å². The third-order valence-electron chi connectivity index (χ3n) is 4.31. The number of carbonyl (C=O) groups excluding carboxylic acids is 1. The van der Waals surface area contributed by atoms with Gasteiger partial charge in [-0.2, -0.15) is 14.9 Å². The Balaban J connectivity index is 1.88. The van der Waals surface area contributed by atoms with E-state index < -0.39 is 0 Å². The van der Waals surface area contributed by atoms with Gasteiger partial charge in [0.05, 0.1) is 18.9 Å². The molecule has 3 aromatic rings. The van der Waals surface area contributed by atoms with Crippen LogP contribution in [0.25, 0.3) is 11.4 Å². The molecule has 0 radical (unpaired) electrons. The molecule has 1 N–H and O–H groups in total. The highest BCUT2D eigenvalue weighted by Crippen LogP contribution is 2.25. The fourth-order valence-corrected chi connectivity index (χ4v) is 2.83. The van der Waals surface area contributed by atoms with Crippen molar-refractivity contribution in [3.8, 4) is 11.4 Å². The maximum absolute atomic E-state index is 11.5. The van der Waals surface area contributed by atoms with Crippen LogP contribution in [0.5, 0.6) is 0 Å². The van der Waals surface area contributed by atoms with Gasteiger partial charge in [0.1, 0.15) is 0 Å². The average Bonchev–Trinajstić information content (AvgIpc) is 3.06. The van der Waals surface area contributed by atoms with Crippen molar-refractivity contribution in [2.24, 2.45) is 5.10 Å². The number of hydrogen-bond donors (Lipinski definition) is 1. The van der Waals surface area contributed by atoms with Gasteiger partial charge < -0.3 is 4.74 Å². The quantitative estimate of drug-likeness (QED) is 0.400. The fourth-order valence-electron chi connectivity index (χ4n) is 2.65. The molecule has 28 heavy (non-hydrogen) atoms. The van der Waals surface area contributed by atoms with E-state index in [0.717, 1.165) is 11.1 Å². The van der Waals surface area contributed by atoms with Crippen molar-refractivity contribution in [2.45, 2.75) is 26.2 Å². The summed E-state index contributed by atoms with van der Waals surface area (Å²) < 4.78 is 6.68. The molecule has 0 amide bonds. The molecular weight excluding hydrogens is 372 g/mol. The van der Waals surface area contributed by atoms with Gasteiger partial charge in [-0.25, -0.2) is 9.89 Å². The topological polar surface area (TPSA) is 72.3 Å². The number of aromatic amines is 1. The predicted octanol–water partition coefficient (Wildman–Crippen LogP) is 4.57. The molecule has 0 saturated heterocycles. The first-order valence-corrected chi connectivity index (χ1v) is 9.21. The molecule has 1 heterocycles. The van der Waals surface area contributed by atoms with Crippen molar-refractivity contribution in [3.63, 3.8) is 0 Å². The third kappa shape index (κ3) is 4.26. The van der Waals surface area contributed by atoms with Gasteiger partial charge >= 0.3 is 5.97 Å². The van der Waals surface area contributed by atoms with E-state index in [1.54, 1.807) is 35.2 Å². The second kappa shape index (κ2) is 7.90. The minimum absolute atomic E-state index is 0.0811. The Kier molecular flexibility index (Phi) is 5.56. The van der Waals surface area contributed by atoms with Crippen molar-refractivity contribution in [1.82, 2.24) is 14.9 Å². The van der Waals surface area contributed by atoms with Crippen LogP contribution in [-0.4, -0.2) is 34.2 Å². The number of methoxy groups -OCH3 is 1. The Bertz CT molecular complexity index is 1060. The van der Waals surface area contributed by atoms with Crippen molar-refractivity contribution in [1.29, 1.82) is 0 Å². The Morgan fingerprint density at radius 2 is 1.79 bits per heavy atom. The average molecular weight is 394 g/mol. The van der Waals surface area contributed by atoms with Gasteiger partial charge in [-0.15, -0.1) is 0 Å². The summed E-state index contributed by atoms with van der Waals surface area (Å²) in [5.41, 5.74) is 3.55. The lowest BCUT2D eigenvalue weighted by Gasteiger charge is -2.18. The van der Waals surface area contributed by atoms with Crippen LogP contribution in [0.15, 0.2) is 53.6 Å². The Morgan fingerprint density at radius 3 is 2.36 bits per heavy atom. The fraction of sp³-hybridized carbons (Fsp3) is 0.238. The molecule has 0 aliphatic carbocycles. The number of rotatable bonds is 4. The number of nitrogens with zero attached hydrogens (tertiary/aromatic N) is 3. The van der Waals surface area contributed by atoms with Crippen LogP contribution in [0.3, 0.4) is 0 Å². The van der Waals surface area contributed by atoms with Crippen LogP contribution in [0.2, 0.25) is 0 Å². The summed E-state index contributed by atoms with van der Waals surface area (Å²) in [7, 11) is 1.36. The molecule has 0 fully saturated rings. The zero-order valence-electron chi connectivity index (χ0n) is 16.3. The number of nitrogens with one attached hydrogen (secondary N) is 1. The molecule has 2 aromatic carbocycles. The first-order chi connectivity index (χ1) is 13.3. The lowest BCUT2D eigenvalue weighted by molar-refractivity contribution is 0.0600. The number of benzene rings is 2. The molecule has 0 saturated carbocycles. The molecule has 3 rings (SSSR count). The van der Waals surface area contributed by atoms with Crippen molar-refractivity contribution in [2.75, 3.05) is 7.11 Å². The smallest absolute Gasteiger partial charge is 0.337 e. The predicted molar refractivity (Wildman–Crippen MR) is 112 cm³/mol.